The summed E-state index contributed by atoms with van der Waals surface area (Å²) in [4.78, 5) is 34.8. The van der Waals surface area contributed by atoms with Crippen molar-refractivity contribution in [3.63, 3.8) is 0 Å². The Labute approximate surface area is 177 Å². The Hall–Kier alpha value is -3.30. The van der Waals surface area contributed by atoms with Crippen LogP contribution >= 0.6 is 11.3 Å². The van der Waals surface area contributed by atoms with Gasteiger partial charge in [-0.3, -0.25) is 19.9 Å². The average molecular weight is 424 g/mol. The van der Waals surface area contributed by atoms with Crippen molar-refractivity contribution in [1.82, 2.24) is 14.9 Å². The zero-order chi connectivity index (χ0) is 20.8. The Morgan fingerprint density at radius 3 is 2.70 bits per heavy atom. The summed E-state index contributed by atoms with van der Waals surface area (Å²) in [5, 5.41) is 5.11. The molecule has 0 aliphatic carbocycles. The molecule has 0 bridgehead atoms. The Bertz CT molecular complexity index is 1020. The lowest BCUT2D eigenvalue weighted by Gasteiger charge is -2.26. The second kappa shape index (κ2) is 9.47. The van der Waals surface area contributed by atoms with E-state index < -0.39 is 0 Å². The summed E-state index contributed by atoms with van der Waals surface area (Å²) in [5.41, 5.74) is 1.93. The molecule has 3 aromatic rings. The molecule has 0 radical (unpaired) electrons. The van der Waals surface area contributed by atoms with Gasteiger partial charge in [0, 0.05) is 42.0 Å². The van der Waals surface area contributed by atoms with Crippen LogP contribution in [-0.2, 0) is 9.53 Å². The highest BCUT2D eigenvalue weighted by molar-refractivity contribution is 7.14. The number of benzene rings is 1. The van der Waals surface area contributed by atoms with Crippen LogP contribution in [0.3, 0.4) is 0 Å². The number of hydrogen-bond acceptors (Lipinski definition) is 7. The Morgan fingerprint density at radius 2 is 1.90 bits per heavy atom. The van der Waals surface area contributed by atoms with Gasteiger partial charge in [-0.1, -0.05) is 12.1 Å². The maximum atomic E-state index is 12.4. The number of ether oxygens (including phenoxy) is 2. The number of aromatic nitrogens is 2. The highest BCUT2D eigenvalue weighted by Gasteiger charge is 2.18. The lowest BCUT2D eigenvalue weighted by molar-refractivity contribution is -0.137. The summed E-state index contributed by atoms with van der Waals surface area (Å²) < 4.78 is 11.1. The zero-order valence-electron chi connectivity index (χ0n) is 16.1. The largest absolute Gasteiger partial charge is 0.483 e. The summed E-state index contributed by atoms with van der Waals surface area (Å²) >= 11 is 1.32. The van der Waals surface area contributed by atoms with Gasteiger partial charge in [-0.15, -0.1) is 11.3 Å². The number of nitrogens with one attached hydrogen (secondary N) is 1. The van der Waals surface area contributed by atoms with Gasteiger partial charge in [0.25, 0.3) is 11.8 Å². The fraction of sp³-hybridized carbons (Fsp3) is 0.238. The third kappa shape index (κ3) is 4.81. The molecule has 1 fully saturated rings. The molecule has 30 heavy (non-hydrogen) atoms. The van der Waals surface area contributed by atoms with Crippen molar-refractivity contribution in [2.24, 2.45) is 0 Å². The van der Waals surface area contributed by atoms with E-state index in [0.29, 0.717) is 48.4 Å². The number of rotatable bonds is 6. The van der Waals surface area contributed by atoms with E-state index in [2.05, 4.69) is 15.3 Å². The second-order valence-electron chi connectivity index (χ2n) is 6.51. The summed E-state index contributed by atoms with van der Waals surface area (Å²) in [6.07, 6.45) is 3.13. The number of nitrogens with zero attached hydrogens (tertiary/aromatic N) is 3. The van der Waals surface area contributed by atoms with Gasteiger partial charge in [0.15, 0.2) is 11.7 Å². The van der Waals surface area contributed by atoms with Crippen LogP contribution in [0.4, 0.5) is 5.13 Å². The maximum absolute atomic E-state index is 12.4. The van der Waals surface area contributed by atoms with E-state index in [0.717, 1.165) is 5.56 Å². The average Bonchev–Trinajstić information content (AvgIpc) is 3.27. The summed E-state index contributed by atoms with van der Waals surface area (Å²) in [7, 11) is 0. The van der Waals surface area contributed by atoms with Crippen LogP contribution in [0.1, 0.15) is 10.4 Å². The first-order chi connectivity index (χ1) is 14.7. The van der Waals surface area contributed by atoms with E-state index in [4.69, 9.17) is 9.47 Å². The molecule has 0 unspecified atom stereocenters. The smallest absolute Gasteiger partial charge is 0.260 e. The molecule has 0 spiro atoms. The molecule has 1 saturated heterocycles. The van der Waals surface area contributed by atoms with Crippen LogP contribution in [0, 0.1) is 0 Å². The number of para-hydroxylation sites is 1. The van der Waals surface area contributed by atoms with Gasteiger partial charge in [0.05, 0.1) is 18.9 Å². The van der Waals surface area contributed by atoms with Gasteiger partial charge in [-0.25, -0.2) is 4.98 Å². The SMILES string of the molecule is O=C(Nc1nc(-c2ccccc2OCC(=O)N2CCOCC2)cs1)c1ccncc1. The van der Waals surface area contributed by atoms with Crippen molar-refractivity contribution in [2.45, 2.75) is 0 Å². The molecule has 154 valence electrons. The third-order valence-corrected chi connectivity index (χ3v) is 5.30. The van der Waals surface area contributed by atoms with Gasteiger partial charge in [-0.05, 0) is 24.3 Å². The van der Waals surface area contributed by atoms with Gasteiger partial charge < -0.3 is 14.4 Å². The highest BCUT2D eigenvalue weighted by Crippen LogP contribution is 2.32. The van der Waals surface area contributed by atoms with Crippen LogP contribution in [0.15, 0.2) is 54.2 Å². The molecule has 1 aliphatic heterocycles. The molecule has 2 amide bonds. The van der Waals surface area contributed by atoms with Gasteiger partial charge in [-0.2, -0.15) is 0 Å². The Morgan fingerprint density at radius 1 is 1.13 bits per heavy atom. The molecule has 1 N–H and O–H groups in total. The minimum Gasteiger partial charge on any atom is -0.483 e. The van der Waals surface area contributed by atoms with Crippen molar-refractivity contribution < 1.29 is 19.1 Å². The van der Waals surface area contributed by atoms with Crippen LogP contribution in [-0.4, -0.2) is 59.6 Å². The predicted octanol–water partition coefficient (Wildman–Crippen LogP) is 2.70. The minimum absolute atomic E-state index is 0.0488. The first-order valence-electron chi connectivity index (χ1n) is 9.45. The van der Waals surface area contributed by atoms with Crippen LogP contribution < -0.4 is 10.1 Å². The quantitative estimate of drug-likeness (QED) is 0.654. The molecular formula is C21H20N4O4S. The molecule has 8 nitrogen and oxygen atoms in total. The number of hydrogen-bond donors (Lipinski definition) is 1. The predicted molar refractivity (Wildman–Crippen MR) is 113 cm³/mol. The van der Waals surface area contributed by atoms with Crippen LogP contribution in [0.25, 0.3) is 11.3 Å². The Kier molecular flexibility index (Phi) is 6.31. The van der Waals surface area contributed by atoms with Crippen molar-refractivity contribution in [1.29, 1.82) is 0 Å². The summed E-state index contributed by atoms with van der Waals surface area (Å²) in [6.45, 7) is 2.21. The number of carbonyl (C=O) groups is 2. The second-order valence-corrected chi connectivity index (χ2v) is 7.36. The van der Waals surface area contributed by atoms with Crippen molar-refractivity contribution in [2.75, 3.05) is 38.2 Å². The monoisotopic (exact) mass is 424 g/mol. The molecule has 9 heteroatoms. The topological polar surface area (TPSA) is 93.6 Å². The van der Waals surface area contributed by atoms with Gasteiger partial charge in [0.1, 0.15) is 5.75 Å². The Balaban J connectivity index is 1.43. The van der Waals surface area contributed by atoms with Crippen molar-refractivity contribution in [3.05, 3.63) is 59.7 Å². The van der Waals surface area contributed by atoms with E-state index in [-0.39, 0.29) is 18.4 Å². The van der Waals surface area contributed by atoms with E-state index in [1.54, 1.807) is 35.5 Å². The van der Waals surface area contributed by atoms with Crippen molar-refractivity contribution in [3.8, 4) is 17.0 Å². The molecule has 0 saturated carbocycles. The van der Waals surface area contributed by atoms with Crippen LogP contribution in [0.5, 0.6) is 5.75 Å². The fourth-order valence-electron chi connectivity index (χ4n) is 2.98. The zero-order valence-corrected chi connectivity index (χ0v) is 16.9. The maximum Gasteiger partial charge on any atom is 0.260 e. The summed E-state index contributed by atoms with van der Waals surface area (Å²) in [5.74, 6) is 0.243. The van der Waals surface area contributed by atoms with Gasteiger partial charge >= 0.3 is 0 Å². The van der Waals surface area contributed by atoms with E-state index >= 15 is 0 Å². The molecule has 1 aromatic carbocycles. The van der Waals surface area contributed by atoms with Crippen molar-refractivity contribution >= 4 is 28.3 Å². The molecule has 4 rings (SSSR count). The molecular weight excluding hydrogens is 404 g/mol. The number of morpholine rings is 1. The molecule has 1 aliphatic rings. The standard InChI is InChI=1S/C21H20N4O4S/c26-19(25-9-11-28-12-10-25)13-29-18-4-2-1-3-16(18)17-14-30-21(23-17)24-20(27)15-5-7-22-8-6-15/h1-8,14H,9-13H2,(H,23,24,27). The number of carbonyl (C=O) groups excluding carboxylic acids is 2. The number of thiazole rings is 1. The third-order valence-electron chi connectivity index (χ3n) is 4.55. The molecule has 2 aromatic heterocycles. The van der Waals surface area contributed by atoms with Gasteiger partial charge in [0.2, 0.25) is 0 Å². The lowest BCUT2D eigenvalue weighted by atomic mass is 10.1. The lowest BCUT2D eigenvalue weighted by Crippen LogP contribution is -2.43. The molecule has 0 atom stereocenters. The summed E-state index contributed by atoms with van der Waals surface area (Å²) in [6, 6.07) is 10.7. The van der Waals surface area contributed by atoms with E-state index in [1.165, 1.54) is 11.3 Å². The molecule has 3 heterocycles. The number of pyridine rings is 1. The first-order valence-corrected chi connectivity index (χ1v) is 10.3. The minimum atomic E-state index is -0.251. The van der Waals surface area contributed by atoms with Crippen LogP contribution in [0.2, 0.25) is 0 Å². The van der Waals surface area contributed by atoms with E-state index in [9.17, 15) is 9.59 Å². The highest BCUT2D eigenvalue weighted by atomic mass is 32.1. The fourth-order valence-corrected chi connectivity index (χ4v) is 3.68. The normalized spacial score (nSPS) is 13.7. The number of amides is 2. The number of anilines is 1. The van der Waals surface area contributed by atoms with E-state index in [1.807, 2.05) is 23.6 Å². The first kappa shape index (κ1) is 20.0.